The smallest absolute Gasteiger partial charge is 0.264 e. The molecule has 0 radical (unpaired) electrons. The van der Waals surface area contributed by atoms with Crippen molar-refractivity contribution in [1.82, 2.24) is 4.57 Å². The molecule has 1 amide bonds. The van der Waals surface area contributed by atoms with E-state index in [1.807, 2.05) is 80.6 Å². The van der Waals surface area contributed by atoms with Crippen LogP contribution in [0.4, 0.5) is 5.69 Å². The quantitative estimate of drug-likeness (QED) is 0.720. The van der Waals surface area contributed by atoms with Gasteiger partial charge in [-0.2, -0.15) is 0 Å². The molecule has 26 heavy (non-hydrogen) atoms. The van der Waals surface area contributed by atoms with Crippen molar-refractivity contribution >= 4 is 11.6 Å². The van der Waals surface area contributed by atoms with Crippen molar-refractivity contribution in [3.8, 4) is 0 Å². The summed E-state index contributed by atoms with van der Waals surface area (Å²) in [6.07, 6.45) is 0. The van der Waals surface area contributed by atoms with Crippen molar-refractivity contribution in [2.45, 2.75) is 20.4 Å². The molecule has 0 spiro atoms. The van der Waals surface area contributed by atoms with Crippen LogP contribution in [0.3, 0.4) is 0 Å². The molecule has 0 aliphatic rings. The Morgan fingerprint density at radius 3 is 2.15 bits per heavy atom. The van der Waals surface area contributed by atoms with Gasteiger partial charge in [0.2, 0.25) is 0 Å². The molecule has 132 valence electrons. The van der Waals surface area contributed by atoms with E-state index < -0.39 is 0 Å². The van der Waals surface area contributed by atoms with Gasteiger partial charge < -0.3 is 9.47 Å². The maximum absolute atomic E-state index is 13.4. The molecule has 4 nitrogen and oxygen atoms in total. The van der Waals surface area contributed by atoms with Crippen molar-refractivity contribution in [2.24, 2.45) is 7.05 Å². The number of carbonyl (C=O) groups excluding carboxylic acids is 1. The molecule has 0 saturated carbocycles. The highest BCUT2D eigenvalue weighted by Crippen LogP contribution is 2.20. The van der Waals surface area contributed by atoms with Crippen LogP contribution in [0.1, 0.15) is 27.2 Å². The van der Waals surface area contributed by atoms with Crippen LogP contribution in [0, 0.1) is 13.8 Å². The standard InChI is InChI=1S/C22H22N2O2/c1-16-14-17(2)23(3)21(25)20(16)22(26)24(19-12-8-5-9-13-19)15-18-10-6-4-7-11-18/h4-14H,15H2,1-3H3. The Bertz CT molecular complexity index is 976. The zero-order chi connectivity index (χ0) is 18.7. The molecule has 0 atom stereocenters. The van der Waals surface area contributed by atoms with Crippen LogP contribution in [0.25, 0.3) is 0 Å². The first-order chi connectivity index (χ1) is 12.5. The molecule has 1 aromatic heterocycles. The van der Waals surface area contributed by atoms with E-state index in [0.717, 1.165) is 16.9 Å². The second kappa shape index (κ2) is 7.40. The van der Waals surface area contributed by atoms with Gasteiger partial charge in [0, 0.05) is 18.4 Å². The number of anilines is 1. The summed E-state index contributed by atoms with van der Waals surface area (Å²) in [4.78, 5) is 27.8. The van der Waals surface area contributed by atoms with E-state index in [1.54, 1.807) is 11.9 Å². The lowest BCUT2D eigenvalue weighted by Gasteiger charge is -2.24. The number of nitrogens with zero attached hydrogens (tertiary/aromatic N) is 2. The zero-order valence-electron chi connectivity index (χ0n) is 15.3. The van der Waals surface area contributed by atoms with E-state index >= 15 is 0 Å². The predicted molar refractivity (Wildman–Crippen MR) is 105 cm³/mol. The molecular formula is C22H22N2O2. The SMILES string of the molecule is Cc1cc(C)n(C)c(=O)c1C(=O)N(Cc1ccccc1)c1ccccc1. The second-order valence-corrected chi connectivity index (χ2v) is 6.42. The van der Waals surface area contributed by atoms with Crippen molar-refractivity contribution in [1.29, 1.82) is 0 Å². The van der Waals surface area contributed by atoms with Crippen LogP contribution in [-0.4, -0.2) is 10.5 Å². The van der Waals surface area contributed by atoms with Crippen molar-refractivity contribution in [3.63, 3.8) is 0 Å². The molecule has 0 bridgehead atoms. The minimum absolute atomic E-state index is 0.220. The van der Waals surface area contributed by atoms with Gasteiger partial charge in [0.1, 0.15) is 5.56 Å². The molecule has 3 aromatic rings. The molecule has 0 fully saturated rings. The summed E-state index contributed by atoms with van der Waals surface area (Å²) in [5.41, 5.74) is 3.26. The summed E-state index contributed by atoms with van der Waals surface area (Å²) >= 11 is 0. The Hall–Kier alpha value is -3.14. The third kappa shape index (κ3) is 3.45. The minimum atomic E-state index is -0.279. The molecule has 4 heteroatoms. The Labute approximate surface area is 153 Å². The summed E-state index contributed by atoms with van der Waals surface area (Å²) in [5, 5.41) is 0. The third-order valence-electron chi connectivity index (χ3n) is 4.58. The molecule has 0 saturated heterocycles. The van der Waals surface area contributed by atoms with Gasteiger partial charge in [0.05, 0.1) is 6.54 Å². The van der Waals surface area contributed by atoms with E-state index in [4.69, 9.17) is 0 Å². The third-order valence-corrected chi connectivity index (χ3v) is 4.58. The number of rotatable bonds is 4. The number of benzene rings is 2. The highest BCUT2D eigenvalue weighted by Gasteiger charge is 2.23. The molecule has 1 heterocycles. The first-order valence-corrected chi connectivity index (χ1v) is 8.57. The number of hydrogen-bond donors (Lipinski definition) is 0. The van der Waals surface area contributed by atoms with Gasteiger partial charge in [-0.25, -0.2) is 0 Å². The molecule has 3 rings (SSSR count). The maximum Gasteiger partial charge on any atom is 0.264 e. The van der Waals surface area contributed by atoms with E-state index in [0.29, 0.717) is 12.1 Å². The van der Waals surface area contributed by atoms with E-state index in [2.05, 4.69) is 0 Å². The Morgan fingerprint density at radius 2 is 1.54 bits per heavy atom. The summed E-state index contributed by atoms with van der Waals surface area (Å²) < 4.78 is 1.52. The minimum Gasteiger partial charge on any atom is -0.315 e. The predicted octanol–water partition coefficient (Wildman–Crippen LogP) is 3.85. The monoisotopic (exact) mass is 346 g/mol. The van der Waals surface area contributed by atoms with Gasteiger partial charge >= 0.3 is 0 Å². The molecule has 0 unspecified atom stereocenters. The zero-order valence-corrected chi connectivity index (χ0v) is 15.3. The number of pyridine rings is 1. The van der Waals surface area contributed by atoms with Crippen LogP contribution in [0.2, 0.25) is 0 Å². The topological polar surface area (TPSA) is 42.3 Å². The van der Waals surface area contributed by atoms with Gasteiger partial charge in [0.25, 0.3) is 11.5 Å². The van der Waals surface area contributed by atoms with Crippen LogP contribution < -0.4 is 10.5 Å². The fourth-order valence-electron chi connectivity index (χ4n) is 3.03. The van der Waals surface area contributed by atoms with Crippen molar-refractivity contribution in [2.75, 3.05) is 4.90 Å². The fourth-order valence-corrected chi connectivity index (χ4v) is 3.03. The fraction of sp³-hybridized carbons (Fsp3) is 0.182. The van der Waals surface area contributed by atoms with Crippen LogP contribution in [0.15, 0.2) is 71.5 Å². The summed E-state index contributed by atoms with van der Waals surface area (Å²) in [6.45, 7) is 4.08. The number of amides is 1. The van der Waals surface area contributed by atoms with Crippen molar-refractivity contribution < 1.29 is 4.79 Å². The van der Waals surface area contributed by atoms with Crippen LogP contribution in [-0.2, 0) is 13.6 Å². The lowest BCUT2D eigenvalue weighted by atomic mass is 10.1. The molecule has 0 aliphatic heterocycles. The maximum atomic E-state index is 13.4. The number of hydrogen-bond acceptors (Lipinski definition) is 2. The van der Waals surface area contributed by atoms with Gasteiger partial charge in [-0.3, -0.25) is 9.59 Å². The average molecular weight is 346 g/mol. The number of para-hydroxylation sites is 1. The highest BCUT2D eigenvalue weighted by atomic mass is 16.2. The van der Waals surface area contributed by atoms with E-state index in [-0.39, 0.29) is 17.0 Å². The molecule has 0 aliphatic carbocycles. The molecule has 2 aromatic carbocycles. The number of aryl methyl sites for hydroxylation is 2. The first kappa shape index (κ1) is 17.7. The number of aromatic nitrogens is 1. The normalized spacial score (nSPS) is 10.6. The summed E-state index contributed by atoms with van der Waals surface area (Å²) in [7, 11) is 1.69. The first-order valence-electron chi connectivity index (χ1n) is 8.57. The Morgan fingerprint density at radius 1 is 0.962 bits per heavy atom. The lowest BCUT2D eigenvalue weighted by molar-refractivity contribution is 0.0982. The van der Waals surface area contributed by atoms with Gasteiger partial charge in [-0.05, 0) is 43.2 Å². The van der Waals surface area contributed by atoms with E-state index in [9.17, 15) is 9.59 Å². The molecular weight excluding hydrogens is 324 g/mol. The summed E-state index contributed by atoms with van der Waals surface area (Å²) in [5.74, 6) is -0.279. The van der Waals surface area contributed by atoms with Crippen molar-refractivity contribution in [3.05, 3.63) is 99.5 Å². The molecule has 0 N–H and O–H groups in total. The summed E-state index contributed by atoms with van der Waals surface area (Å²) in [6, 6.07) is 21.1. The van der Waals surface area contributed by atoms with Gasteiger partial charge in [-0.15, -0.1) is 0 Å². The van der Waals surface area contributed by atoms with Crippen LogP contribution in [0.5, 0.6) is 0 Å². The largest absolute Gasteiger partial charge is 0.315 e. The Balaban J connectivity index is 2.09. The Kier molecular flexibility index (Phi) is 5.03. The second-order valence-electron chi connectivity index (χ2n) is 6.42. The lowest BCUT2D eigenvalue weighted by Crippen LogP contribution is -2.37. The van der Waals surface area contributed by atoms with Crippen LogP contribution >= 0.6 is 0 Å². The van der Waals surface area contributed by atoms with E-state index in [1.165, 1.54) is 4.57 Å². The number of carbonyl (C=O) groups is 1. The van der Waals surface area contributed by atoms with Gasteiger partial charge in [-0.1, -0.05) is 48.5 Å². The highest BCUT2D eigenvalue weighted by molar-refractivity contribution is 6.06. The van der Waals surface area contributed by atoms with Gasteiger partial charge in [0.15, 0.2) is 0 Å². The average Bonchev–Trinajstić information content (AvgIpc) is 2.65.